The highest BCUT2D eigenvalue weighted by atomic mass is 16.6. The van der Waals surface area contributed by atoms with Crippen LogP contribution in [0.15, 0.2) is 30.3 Å². The lowest BCUT2D eigenvalue weighted by molar-refractivity contribution is -0.384. The van der Waals surface area contributed by atoms with Crippen LogP contribution in [0.1, 0.15) is 12.8 Å². The van der Waals surface area contributed by atoms with Gasteiger partial charge in [-0.05, 0) is 37.6 Å². The van der Waals surface area contributed by atoms with Gasteiger partial charge in [-0.15, -0.1) is 0 Å². The second-order valence-corrected chi connectivity index (χ2v) is 4.93. The molecule has 0 aliphatic carbocycles. The number of nitro groups is 1. The Hall–Kier alpha value is -2.21. The number of benzene rings is 1. The molecule has 1 N–H and O–H groups in total. The number of nitrogens with zero attached hydrogens (tertiary/aromatic N) is 3. The Morgan fingerprint density at radius 3 is 3.00 bits per heavy atom. The first-order chi connectivity index (χ1) is 9.74. The van der Waals surface area contributed by atoms with Gasteiger partial charge in [0.05, 0.1) is 17.1 Å². The SMILES string of the molecule is O=[N+]([O-])c1ccc2nc(N3CCCCNC3)ccc2c1. The fourth-order valence-electron chi connectivity index (χ4n) is 2.43. The summed E-state index contributed by atoms with van der Waals surface area (Å²) < 4.78 is 0. The molecule has 0 radical (unpaired) electrons. The van der Waals surface area contributed by atoms with Gasteiger partial charge in [0.1, 0.15) is 5.82 Å². The molecular weight excluding hydrogens is 256 g/mol. The number of nitrogens with one attached hydrogen (secondary N) is 1. The van der Waals surface area contributed by atoms with Crippen LogP contribution in [-0.4, -0.2) is 29.7 Å². The lowest BCUT2D eigenvalue weighted by Gasteiger charge is -2.21. The zero-order chi connectivity index (χ0) is 13.9. The van der Waals surface area contributed by atoms with E-state index in [0.29, 0.717) is 0 Å². The number of nitro benzene ring substituents is 1. The molecule has 3 rings (SSSR count). The zero-order valence-corrected chi connectivity index (χ0v) is 11.1. The molecule has 2 aromatic rings. The van der Waals surface area contributed by atoms with Gasteiger partial charge in [-0.3, -0.25) is 15.4 Å². The quantitative estimate of drug-likeness (QED) is 0.671. The maximum absolute atomic E-state index is 10.8. The Bertz CT molecular complexity index is 636. The molecule has 1 aromatic heterocycles. The molecule has 0 spiro atoms. The van der Waals surface area contributed by atoms with E-state index in [-0.39, 0.29) is 10.6 Å². The summed E-state index contributed by atoms with van der Waals surface area (Å²) in [7, 11) is 0. The molecule has 6 nitrogen and oxygen atoms in total. The molecule has 0 amide bonds. The highest BCUT2D eigenvalue weighted by Crippen LogP contribution is 2.22. The van der Waals surface area contributed by atoms with Gasteiger partial charge >= 0.3 is 0 Å². The van der Waals surface area contributed by atoms with Gasteiger partial charge in [0.25, 0.3) is 5.69 Å². The average molecular weight is 272 g/mol. The molecule has 20 heavy (non-hydrogen) atoms. The van der Waals surface area contributed by atoms with E-state index < -0.39 is 0 Å². The Kier molecular flexibility index (Phi) is 3.47. The third kappa shape index (κ3) is 2.55. The summed E-state index contributed by atoms with van der Waals surface area (Å²) in [5, 5.41) is 14.9. The highest BCUT2D eigenvalue weighted by Gasteiger charge is 2.12. The van der Waals surface area contributed by atoms with Crippen LogP contribution in [0.25, 0.3) is 10.9 Å². The van der Waals surface area contributed by atoms with Crippen molar-refractivity contribution in [2.24, 2.45) is 0 Å². The molecule has 1 aliphatic rings. The molecule has 2 heterocycles. The van der Waals surface area contributed by atoms with E-state index in [2.05, 4.69) is 15.2 Å². The summed E-state index contributed by atoms with van der Waals surface area (Å²) in [5.74, 6) is 0.917. The summed E-state index contributed by atoms with van der Waals surface area (Å²) in [6.07, 6.45) is 2.32. The maximum atomic E-state index is 10.8. The van der Waals surface area contributed by atoms with Crippen molar-refractivity contribution in [3.8, 4) is 0 Å². The second-order valence-electron chi connectivity index (χ2n) is 4.93. The average Bonchev–Trinajstić information content (AvgIpc) is 2.75. The number of aromatic nitrogens is 1. The Morgan fingerprint density at radius 1 is 1.25 bits per heavy atom. The van der Waals surface area contributed by atoms with Crippen molar-refractivity contribution < 1.29 is 4.92 Å². The van der Waals surface area contributed by atoms with Crippen LogP contribution < -0.4 is 10.2 Å². The minimum absolute atomic E-state index is 0.100. The van der Waals surface area contributed by atoms with E-state index in [4.69, 9.17) is 0 Å². The zero-order valence-electron chi connectivity index (χ0n) is 11.1. The van der Waals surface area contributed by atoms with Crippen molar-refractivity contribution in [1.29, 1.82) is 0 Å². The molecule has 1 saturated heterocycles. The third-order valence-electron chi connectivity index (χ3n) is 3.53. The van der Waals surface area contributed by atoms with Crippen molar-refractivity contribution >= 4 is 22.4 Å². The minimum Gasteiger partial charge on any atom is -0.344 e. The smallest absolute Gasteiger partial charge is 0.270 e. The standard InChI is InChI=1S/C14H16N4O2/c19-18(20)12-4-5-13-11(9-12)3-6-14(16-13)17-8-2-1-7-15-10-17/h3-6,9,15H,1-2,7-8,10H2. The Balaban J connectivity index is 1.94. The lowest BCUT2D eigenvalue weighted by Crippen LogP contribution is -2.32. The summed E-state index contributed by atoms with van der Waals surface area (Å²) in [6.45, 7) is 2.82. The second kappa shape index (κ2) is 5.42. The van der Waals surface area contributed by atoms with Crippen LogP contribution in [0.2, 0.25) is 0 Å². The molecular formula is C14H16N4O2. The van der Waals surface area contributed by atoms with Crippen molar-refractivity contribution in [3.05, 3.63) is 40.4 Å². The number of fused-ring (bicyclic) bond motifs is 1. The number of non-ortho nitro benzene ring substituents is 1. The van der Waals surface area contributed by atoms with Gasteiger partial charge in [0, 0.05) is 24.1 Å². The van der Waals surface area contributed by atoms with E-state index in [1.165, 1.54) is 12.5 Å². The van der Waals surface area contributed by atoms with Crippen LogP contribution in [0.5, 0.6) is 0 Å². The summed E-state index contributed by atoms with van der Waals surface area (Å²) in [6, 6.07) is 8.60. The predicted molar refractivity (Wildman–Crippen MR) is 77.8 cm³/mol. The number of anilines is 1. The van der Waals surface area contributed by atoms with E-state index in [1.54, 1.807) is 12.1 Å². The van der Waals surface area contributed by atoms with Crippen LogP contribution in [0.4, 0.5) is 11.5 Å². The first kappa shape index (κ1) is 12.8. The number of hydrogen-bond donors (Lipinski definition) is 1. The topological polar surface area (TPSA) is 71.3 Å². The van der Waals surface area contributed by atoms with Crippen molar-refractivity contribution in [2.45, 2.75) is 12.8 Å². The maximum Gasteiger partial charge on any atom is 0.270 e. The summed E-state index contributed by atoms with van der Waals surface area (Å²) in [5.41, 5.74) is 0.890. The van der Waals surface area contributed by atoms with Gasteiger partial charge in [0.2, 0.25) is 0 Å². The third-order valence-corrected chi connectivity index (χ3v) is 3.53. The van der Waals surface area contributed by atoms with Crippen LogP contribution >= 0.6 is 0 Å². The normalized spacial score (nSPS) is 16.1. The van der Waals surface area contributed by atoms with Gasteiger partial charge in [0.15, 0.2) is 0 Å². The van der Waals surface area contributed by atoms with Gasteiger partial charge in [-0.1, -0.05) is 0 Å². The Morgan fingerprint density at radius 2 is 2.15 bits per heavy atom. The van der Waals surface area contributed by atoms with E-state index in [0.717, 1.165) is 42.9 Å². The first-order valence-electron chi connectivity index (χ1n) is 6.75. The molecule has 0 bridgehead atoms. The van der Waals surface area contributed by atoms with Crippen LogP contribution in [0.3, 0.4) is 0 Å². The highest BCUT2D eigenvalue weighted by molar-refractivity contribution is 5.82. The van der Waals surface area contributed by atoms with Crippen LogP contribution in [-0.2, 0) is 0 Å². The fraction of sp³-hybridized carbons (Fsp3) is 0.357. The fourth-order valence-corrected chi connectivity index (χ4v) is 2.43. The van der Waals surface area contributed by atoms with Gasteiger partial charge in [-0.2, -0.15) is 0 Å². The number of pyridine rings is 1. The first-order valence-corrected chi connectivity index (χ1v) is 6.75. The largest absolute Gasteiger partial charge is 0.344 e. The lowest BCUT2D eigenvalue weighted by atomic mass is 10.2. The predicted octanol–water partition coefficient (Wildman–Crippen LogP) is 2.29. The van der Waals surface area contributed by atoms with Crippen LogP contribution in [0, 0.1) is 10.1 Å². The van der Waals surface area contributed by atoms with Crippen molar-refractivity contribution in [2.75, 3.05) is 24.7 Å². The van der Waals surface area contributed by atoms with Gasteiger partial charge < -0.3 is 4.90 Å². The molecule has 104 valence electrons. The molecule has 0 unspecified atom stereocenters. The monoisotopic (exact) mass is 272 g/mol. The minimum atomic E-state index is -0.383. The molecule has 1 aromatic carbocycles. The molecule has 0 saturated carbocycles. The molecule has 6 heteroatoms. The molecule has 1 aliphatic heterocycles. The summed E-state index contributed by atoms with van der Waals surface area (Å²) in [4.78, 5) is 17.2. The summed E-state index contributed by atoms with van der Waals surface area (Å²) >= 11 is 0. The molecule has 0 atom stereocenters. The van der Waals surface area contributed by atoms with E-state index >= 15 is 0 Å². The van der Waals surface area contributed by atoms with E-state index in [1.807, 2.05) is 12.1 Å². The van der Waals surface area contributed by atoms with Crippen molar-refractivity contribution in [1.82, 2.24) is 10.3 Å². The Labute approximate surface area is 116 Å². The number of hydrogen-bond acceptors (Lipinski definition) is 5. The van der Waals surface area contributed by atoms with Crippen molar-refractivity contribution in [3.63, 3.8) is 0 Å². The van der Waals surface area contributed by atoms with Gasteiger partial charge in [-0.25, -0.2) is 4.98 Å². The molecule has 1 fully saturated rings. The number of rotatable bonds is 2. The van der Waals surface area contributed by atoms with E-state index in [9.17, 15) is 10.1 Å².